The van der Waals surface area contributed by atoms with Crippen molar-refractivity contribution in [1.29, 1.82) is 0 Å². The van der Waals surface area contributed by atoms with Gasteiger partial charge in [-0.15, -0.1) is 0 Å². The zero-order chi connectivity index (χ0) is 10.7. The first kappa shape index (κ1) is 10.6. The summed E-state index contributed by atoms with van der Waals surface area (Å²) < 4.78 is 7.66. The third-order valence-corrected chi connectivity index (χ3v) is 2.50. The fraction of sp³-hybridized carbons (Fsp3) is 0.727. The first-order valence-corrected chi connectivity index (χ1v) is 5.60. The zero-order valence-corrected chi connectivity index (χ0v) is 9.44. The lowest BCUT2D eigenvalue weighted by molar-refractivity contribution is 0.0276. The molecule has 1 fully saturated rings. The van der Waals surface area contributed by atoms with E-state index >= 15 is 0 Å². The van der Waals surface area contributed by atoms with Crippen LogP contribution in [0.4, 0.5) is 0 Å². The maximum absolute atomic E-state index is 5.67. The lowest BCUT2D eigenvalue weighted by atomic mass is 10.2. The van der Waals surface area contributed by atoms with Crippen molar-refractivity contribution in [2.45, 2.75) is 26.5 Å². The molecule has 1 N–H and O–H groups in total. The predicted molar refractivity (Wildman–Crippen MR) is 58.6 cm³/mol. The Morgan fingerprint density at radius 3 is 3.20 bits per heavy atom. The SMILES string of the molecule is CC(C)Cn1cc(C2CNCCO2)cn1. The van der Waals surface area contributed by atoms with Crippen LogP contribution in [0.5, 0.6) is 0 Å². The largest absolute Gasteiger partial charge is 0.371 e. The highest BCUT2D eigenvalue weighted by Gasteiger charge is 2.17. The molecule has 4 heteroatoms. The lowest BCUT2D eigenvalue weighted by Crippen LogP contribution is -2.33. The Hall–Kier alpha value is -0.870. The average Bonchev–Trinajstić information content (AvgIpc) is 2.67. The van der Waals surface area contributed by atoms with Gasteiger partial charge in [0.2, 0.25) is 0 Å². The summed E-state index contributed by atoms with van der Waals surface area (Å²) in [5.41, 5.74) is 1.18. The molecule has 84 valence electrons. The van der Waals surface area contributed by atoms with Crippen LogP contribution in [0.1, 0.15) is 25.5 Å². The van der Waals surface area contributed by atoms with Crippen LogP contribution < -0.4 is 5.32 Å². The molecular weight excluding hydrogens is 190 g/mol. The van der Waals surface area contributed by atoms with Crippen molar-refractivity contribution in [3.05, 3.63) is 18.0 Å². The number of nitrogens with zero attached hydrogens (tertiary/aromatic N) is 2. The Bertz CT molecular complexity index is 303. The molecule has 0 aliphatic carbocycles. The molecule has 0 amide bonds. The predicted octanol–water partition coefficient (Wildman–Crippen LogP) is 1.20. The molecule has 1 aromatic heterocycles. The summed E-state index contributed by atoms with van der Waals surface area (Å²) in [6, 6.07) is 0. The molecule has 1 atom stereocenters. The molecule has 1 aliphatic heterocycles. The van der Waals surface area contributed by atoms with Gasteiger partial charge in [-0.1, -0.05) is 13.8 Å². The molecule has 15 heavy (non-hydrogen) atoms. The fourth-order valence-electron chi connectivity index (χ4n) is 1.80. The van der Waals surface area contributed by atoms with E-state index in [9.17, 15) is 0 Å². The number of hydrogen-bond acceptors (Lipinski definition) is 3. The Kier molecular flexibility index (Phi) is 3.38. The highest BCUT2D eigenvalue weighted by atomic mass is 16.5. The van der Waals surface area contributed by atoms with Gasteiger partial charge in [-0.3, -0.25) is 4.68 Å². The number of ether oxygens (including phenoxy) is 1. The molecule has 1 saturated heterocycles. The van der Waals surface area contributed by atoms with Gasteiger partial charge < -0.3 is 10.1 Å². The monoisotopic (exact) mass is 209 g/mol. The van der Waals surface area contributed by atoms with E-state index in [-0.39, 0.29) is 6.10 Å². The summed E-state index contributed by atoms with van der Waals surface area (Å²) in [6.45, 7) is 8.00. The molecule has 2 heterocycles. The number of nitrogens with one attached hydrogen (secondary N) is 1. The molecule has 0 saturated carbocycles. The van der Waals surface area contributed by atoms with Crippen LogP contribution in [0.15, 0.2) is 12.4 Å². The van der Waals surface area contributed by atoms with Crippen molar-refractivity contribution in [3.63, 3.8) is 0 Å². The van der Waals surface area contributed by atoms with Crippen LogP contribution in [0, 0.1) is 5.92 Å². The number of rotatable bonds is 3. The minimum absolute atomic E-state index is 0.180. The summed E-state index contributed by atoms with van der Waals surface area (Å²) in [6.07, 6.45) is 4.19. The smallest absolute Gasteiger partial charge is 0.0980 e. The summed E-state index contributed by atoms with van der Waals surface area (Å²) in [5.74, 6) is 0.628. The van der Waals surface area contributed by atoms with E-state index in [1.54, 1.807) is 0 Å². The van der Waals surface area contributed by atoms with Crippen molar-refractivity contribution in [1.82, 2.24) is 15.1 Å². The number of hydrogen-bond donors (Lipinski definition) is 1. The van der Waals surface area contributed by atoms with Gasteiger partial charge in [-0.2, -0.15) is 5.10 Å². The quantitative estimate of drug-likeness (QED) is 0.813. The minimum Gasteiger partial charge on any atom is -0.371 e. The zero-order valence-electron chi connectivity index (χ0n) is 9.44. The Balaban J connectivity index is 1.99. The van der Waals surface area contributed by atoms with Crippen LogP contribution in [-0.2, 0) is 11.3 Å². The van der Waals surface area contributed by atoms with E-state index in [1.165, 1.54) is 5.56 Å². The van der Waals surface area contributed by atoms with Crippen LogP contribution >= 0.6 is 0 Å². The molecule has 4 nitrogen and oxygen atoms in total. The highest BCUT2D eigenvalue weighted by Crippen LogP contribution is 2.17. The van der Waals surface area contributed by atoms with E-state index in [4.69, 9.17) is 4.74 Å². The van der Waals surface area contributed by atoms with Crippen molar-refractivity contribution in [2.24, 2.45) is 5.92 Å². The first-order valence-electron chi connectivity index (χ1n) is 5.60. The van der Waals surface area contributed by atoms with Gasteiger partial charge in [0.05, 0.1) is 18.9 Å². The third kappa shape index (κ3) is 2.79. The number of aromatic nitrogens is 2. The summed E-state index contributed by atoms with van der Waals surface area (Å²) in [5, 5.41) is 7.66. The summed E-state index contributed by atoms with van der Waals surface area (Å²) >= 11 is 0. The van der Waals surface area contributed by atoms with Crippen molar-refractivity contribution < 1.29 is 4.74 Å². The summed E-state index contributed by atoms with van der Waals surface area (Å²) in [4.78, 5) is 0. The van der Waals surface area contributed by atoms with Crippen molar-refractivity contribution in [3.8, 4) is 0 Å². The second-order valence-corrected chi connectivity index (χ2v) is 4.45. The van der Waals surface area contributed by atoms with Crippen LogP contribution in [0.3, 0.4) is 0 Å². The number of morpholine rings is 1. The van der Waals surface area contributed by atoms with E-state index in [2.05, 4.69) is 30.5 Å². The van der Waals surface area contributed by atoms with Gasteiger partial charge in [0.15, 0.2) is 0 Å². The molecule has 0 spiro atoms. The van der Waals surface area contributed by atoms with Crippen LogP contribution in [0.25, 0.3) is 0 Å². The summed E-state index contributed by atoms with van der Waals surface area (Å²) in [7, 11) is 0. The Morgan fingerprint density at radius 2 is 2.53 bits per heavy atom. The molecule has 1 aliphatic rings. The van der Waals surface area contributed by atoms with Gasteiger partial charge >= 0.3 is 0 Å². The van der Waals surface area contributed by atoms with Gasteiger partial charge in [-0.05, 0) is 5.92 Å². The molecule has 1 unspecified atom stereocenters. The molecule has 0 aromatic carbocycles. The van der Waals surface area contributed by atoms with Crippen LogP contribution in [-0.4, -0.2) is 29.5 Å². The van der Waals surface area contributed by atoms with Gasteiger partial charge in [0, 0.05) is 31.4 Å². The Morgan fingerprint density at radius 1 is 1.67 bits per heavy atom. The topological polar surface area (TPSA) is 39.1 Å². The van der Waals surface area contributed by atoms with Crippen molar-refractivity contribution in [2.75, 3.05) is 19.7 Å². The van der Waals surface area contributed by atoms with Gasteiger partial charge in [0.25, 0.3) is 0 Å². The van der Waals surface area contributed by atoms with Gasteiger partial charge in [0.1, 0.15) is 0 Å². The van der Waals surface area contributed by atoms with Crippen LogP contribution in [0.2, 0.25) is 0 Å². The third-order valence-electron chi connectivity index (χ3n) is 2.50. The van der Waals surface area contributed by atoms with E-state index in [1.807, 2.05) is 10.9 Å². The standard InChI is InChI=1S/C11H19N3O/c1-9(2)7-14-8-10(5-13-14)11-6-12-3-4-15-11/h5,8-9,11-12H,3-4,6-7H2,1-2H3. The second-order valence-electron chi connectivity index (χ2n) is 4.45. The molecule has 0 radical (unpaired) electrons. The molecule has 0 bridgehead atoms. The Labute approximate surface area is 90.6 Å². The van der Waals surface area contributed by atoms with E-state index in [0.717, 1.165) is 26.2 Å². The molecular formula is C11H19N3O. The molecule has 2 rings (SSSR count). The van der Waals surface area contributed by atoms with Gasteiger partial charge in [-0.25, -0.2) is 0 Å². The average molecular weight is 209 g/mol. The highest BCUT2D eigenvalue weighted by molar-refractivity contribution is 5.09. The maximum Gasteiger partial charge on any atom is 0.0980 e. The normalized spacial score (nSPS) is 22.2. The lowest BCUT2D eigenvalue weighted by Gasteiger charge is -2.22. The first-order chi connectivity index (χ1) is 7.25. The second kappa shape index (κ2) is 4.77. The minimum atomic E-state index is 0.180. The van der Waals surface area contributed by atoms with Crippen molar-refractivity contribution >= 4 is 0 Å². The maximum atomic E-state index is 5.67. The fourth-order valence-corrected chi connectivity index (χ4v) is 1.80. The van der Waals surface area contributed by atoms with E-state index in [0.29, 0.717) is 5.92 Å². The van der Waals surface area contributed by atoms with E-state index < -0.39 is 0 Å². The molecule has 1 aromatic rings.